The number of para-hydroxylation sites is 1. The highest BCUT2D eigenvalue weighted by Gasteiger charge is 2.73. The van der Waals surface area contributed by atoms with Gasteiger partial charge >= 0.3 is 5.97 Å². The molecule has 0 aliphatic heterocycles. The Morgan fingerprint density at radius 3 is 2.44 bits per heavy atom. The summed E-state index contributed by atoms with van der Waals surface area (Å²) in [4.78, 5) is 42.0. The number of nitrogens with zero attached hydrogens (tertiary/aromatic N) is 1. The molecule has 3 N–H and O–H groups in total. The summed E-state index contributed by atoms with van der Waals surface area (Å²) in [6.07, 6.45) is 3.25. The topological polar surface area (TPSA) is 111 Å². The van der Waals surface area contributed by atoms with Gasteiger partial charge in [0.25, 0.3) is 0 Å². The number of Topliss-reactive ketones (excluding diaryl/α,β-unsaturated/α-hetero) is 1. The van der Waals surface area contributed by atoms with Gasteiger partial charge in [-0.3, -0.25) is 19.4 Å². The number of nitrogens with two attached hydrogens (primary N) is 1. The third-order valence-corrected chi connectivity index (χ3v) is 5.16. The van der Waals surface area contributed by atoms with Crippen LogP contribution >= 0.6 is 0 Å². The number of methoxy groups -OCH3 is 1. The van der Waals surface area contributed by atoms with Crippen LogP contribution in [0.1, 0.15) is 22.8 Å². The van der Waals surface area contributed by atoms with Gasteiger partial charge in [-0.25, -0.2) is 0 Å². The Morgan fingerprint density at radius 1 is 1.15 bits per heavy atom. The lowest BCUT2D eigenvalue weighted by Gasteiger charge is -2.12. The smallest absolute Gasteiger partial charge is 0.310 e. The Kier molecular flexibility index (Phi) is 4.94. The van der Waals surface area contributed by atoms with E-state index >= 15 is 0 Å². The SMILES string of the molecule is COC(=O)[C@H]1[C@@H](C(=O)NCc2ccncc2)[C@@]1(C)C(=O)c1ccccc1N. The fourth-order valence-corrected chi connectivity index (χ4v) is 3.52. The van der Waals surface area contributed by atoms with Crippen molar-refractivity contribution in [3.05, 3.63) is 59.9 Å². The van der Waals surface area contributed by atoms with Gasteiger partial charge < -0.3 is 15.8 Å². The summed E-state index contributed by atoms with van der Waals surface area (Å²) in [7, 11) is 1.24. The summed E-state index contributed by atoms with van der Waals surface area (Å²) >= 11 is 0. The summed E-state index contributed by atoms with van der Waals surface area (Å²) in [5.41, 5.74) is 6.21. The van der Waals surface area contributed by atoms with Crippen molar-refractivity contribution >= 4 is 23.3 Å². The van der Waals surface area contributed by atoms with E-state index in [-0.39, 0.29) is 18.2 Å². The number of pyridine rings is 1. The highest BCUT2D eigenvalue weighted by molar-refractivity contribution is 6.13. The second-order valence-corrected chi connectivity index (χ2v) is 6.75. The van der Waals surface area contributed by atoms with Gasteiger partial charge in [-0.2, -0.15) is 0 Å². The lowest BCUT2D eigenvalue weighted by Crippen LogP contribution is -2.29. The Bertz CT molecular complexity index is 884. The molecule has 2 aromatic rings. The minimum Gasteiger partial charge on any atom is -0.469 e. The van der Waals surface area contributed by atoms with E-state index in [1.54, 1.807) is 55.7 Å². The molecule has 1 heterocycles. The molecule has 0 radical (unpaired) electrons. The second kappa shape index (κ2) is 7.19. The average Bonchev–Trinajstić information content (AvgIpc) is 3.33. The molecular formula is C20H21N3O4. The first-order chi connectivity index (χ1) is 12.9. The van der Waals surface area contributed by atoms with E-state index in [0.29, 0.717) is 11.3 Å². The highest BCUT2D eigenvalue weighted by Crippen LogP contribution is 2.61. The third kappa shape index (κ3) is 3.28. The summed E-state index contributed by atoms with van der Waals surface area (Å²) in [6.45, 7) is 1.89. The van der Waals surface area contributed by atoms with Gasteiger partial charge in [0.2, 0.25) is 5.91 Å². The number of ether oxygens (including phenoxy) is 1. The first-order valence-electron chi connectivity index (χ1n) is 8.55. The molecule has 1 aromatic carbocycles. The standard InChI is InChI=1S/C20H21N3O4/c1-20(17(24)13-5-3-4-6-14(13)21)15(16(20)19(26)27-2)18(25)23-11-12-7-9-22-10-8-12/h3-10,15-16H,11,21H2,1-2H3,(H,23,25)/t15-,16+,20+/m0/s1. The number of amides is 1. The van der Waals surface area contributed by atoms with Crippen LogP contribution in [-0.2, 0) is 20.9 Å². The number of hydrogen-bond acceptors (Lipinski definition) is 6. The molecule has 0 bridgehead atoms. The zero-order valence-corrected chi connectivity index (χ0v) is 15.1. The van der Waals surface area contributed by atoms with Gasteiger partial charge in [-0.05, 0) is 29.8 Å². The molecule has 1 fully saturated rings. The van der Waals surface area contributed by atoms with Crippen molar-refractivity contribution in [2.75, 3.05) is 12.8 Å². The number of aromatic nitrogens is 1. The van der Waals surface area contributed by atoms with Crippen molar-refractivity contribution in [2.45, 2.75) is 13.5 Å². The van der Waals surface area contributed by atoms with Crippen molar-refractivity contribution in [1.29, 1.82) is 0 Å². The van der Waals surface area contributed by atoms with Crippen LogP contribution in [-0.4, -0.2) is 29.8 Å². The van der Waals surface area contributed by atoms with Gasteiger partial charge in [0, 0.05) is 30.2 Å². The van der Waals surface area contributed by atoms with Gasteiger partial charge in [0.15, 0.2) is 5.78 Å². The summed E-state index contributed by atoms with van der Waals surface area (Å²) in [6, 6.07) is 10.2. The minimum atomic E-state index is -1.19. The van der Waals surface area contributed by atoms with E-state index in [2.05, 4.69) is 10.3 Å². The molecule has 0 saturated heterocycles. The first kappa shape index (κ1) is 18.6. The number of esters is 1. The molecule has 1 amide bonds. The van der Waals surface area contributed by atoms with Crippen LogP contribution in [0, 0.1) is 17.3 Å². The van der Waals surface area contributed by atoms with Crippen LogP contribution < -0.4 is 11.1 Å². The first-order valence-corrected chi connectivity index (χ1v) is 8.55. The van der Waals surface area contributed by atoms with E-state index in [4.69, 9.17) is 10.5 Å². The predicted octanol–water partition coefficient (Wildman–Crippen LogP) is 1.59. The molecule has 1 aliphatic carbocycles. The zero-order chi connectivity index (χ0) is 19.6. The highest BCUT2D eigenvalue weighted by atomic mass is 16.5. The molecule has 1 saturated carbocycles. The van der Waals surface area contributed by atoms with Crippen molar-refractivity contribution < 1.29 is 19.1 Å². The summed E-state index contributed by atoms with van der Waals surface area (Å²) < 4.78 is 4.82. The number of carbonyl (C=O) groups excluding carboxylic acids is 3. The Morgan fingerprint density at radius 2 is 1.81 bits per heavy atom. The molecule has 7 heteroatoms. The number of carbonyl (C=O) groups is 3. The van der Waals surface area contributed by atoms with Crippen molar-refractivity contribution in [1.82, 2.24) is 10.3 Å². The maximum absolute atomic E-state index is 13.1. The molecule has 1 aliphatic rings. The van der Waals surface area contributed by atoms with Crippen molar-refractivity contribution in [3.8, 4) is 0 Å². The van der Waals surface area contributed by atoms with Crippen LogP contribution in [0.25, 0.3) is 0 Å². The monoisotopic (exact) mass is 367 g/mol. The molecule has 27 heavy (non-hydrogen) atoms. The Hall–Kier alpha value is -3.22. The van der Waals surface area contributed by atoms with E-state index < -0.39 is 23.2 Å². The number of rotatable bonds is 6. The maximum Gasteiger partial charge on any atom is 0.310 e. The van der Waals surface area contributed by atoms with Gasteiger partial charge in [0.1, 0.15) is 0 Å². The van der Waals surface area contributed by atoms with Crippen LogP contribution in [0.15, 0.2) is 48.8 Å². The lowest BCUT2D eigenvalue weighted by molar-refractivity contribution is -0.144. The van der Waals surface area contributed by atoms with E-state index in [9.17, 15) is 14.4 Å². The molecule has 3 atom stereocenters. The average molecular weight is 367 g/mol. The number of nitrogens with one attached hydrogen (secondary N) is 1. The maximum atomic E-state index is 13.1. The summed E-state index contributed by atoms with van der Waals surface area (Å²) in [5.74, 6) is -2.93. The second-order valence-electron chi connectivity index (χ2n) is 6.75. The number of nitrogen functional groups attached to an aromatic ring is 1. The third-order valence-electron chi connectivity index (χ3n) is 5.16. The van der Waals surface area contributed by atoms with E-state index in [1.165, 1.54) is 7.11 Å². The van der Waals surface area contributed by atoms with Crippen molar-refractivity contribution in [3.63, 3.8) is 0 Å². The summed E-state index contributed by atoms with van der Waals surface area (Å²) in [5, 5.41) is 2.79. The normalized spacial score (nSPS) is 23.3. The quantitative estimate of drug-likeness (QED) is 0.456. The zero-order valence-electron chi connectivity index (χ0n) is 15.1. The van der Waals surface area contributed by atoms with Crippen LogP contribution in [0.2, 0.25) is 0 Å². The molecule has 3 rings (SSSR count). The molecular weight excluding hydrogens is 346 g/mol. The number of ketones is 1. The van der Waals surface area contributed by atoms with E-state index in [1.807, 2.05) is 0 Å². The minimum absolute atomic E-state index is 0.281. The molecule has 140 valence electrons. The number of anilines is 1. The van der Waals surface area contributed by atoms with Gasteiger partial charge in [0.05, 0.1) is 24.4 Å². The largest absolute Gasteiger partial charge is 0.469 e. The van der Waals surface area contributed by atoms with Crippen molar-refractivity contribution in [2.24, 2.45) is 17.3 Å². The van der Waals surface area contributed by atoms with Gasteiger partial charge in [-0.15, -0.1) is 0 Å². The fraction of sp³-hybridized carbons (Fsp3) is 0.300. The van der Waals surface area contributed by atoms with Gasteiger partial charge in [-0.1, -0.05) is 19.1 Å². The number of hydrogen-bond donors (Lipinski definition) is 2. The van der Waals surface area contributed by atoms with E-state index in [0.717, 1.165) is 5.56 Å². The molecule has 0 spiro atoms. The molecule has 1 aromatic heterocycles. The molecule has 7 nitrogen and oxygen atoms in total. The lowest BCUT2D eigenvalue weighted by atomic mass is 9.91. The Labute approximate surface area is 156 Å². The predicted molar refractivity (Wildman–Crippen MR) is 98.4 cm³/mol. The van der Waals surface area contributed by atoms with Crippen LogP contribution in [0.3, 0.4) is 0 Å². The molecule has 0 unspecified atom stereocenters. The number of benzene rings is 1. The van der Waals surface area contributed by atoms with Crippen LogP contribution in [0.4, 0.5) is 5.69 Å². The Balaban J connectivity index is 1.82. The van der Waals surface area contributed by atoms with Crippen LogP contribution in [0.5, 0.6) is 0 Å². The fourth-order valence-electron chi connectivity index (χ4n) is 3.52.